The van der Waals surface area contributed by atoms with Crippen molar-refractivity contribution in [1.82, 2.24) is 0 Å². The van der Waals surface area contributed by atoms with E-state index in [1.165, 1.54) is 88.8 Å². The summed E-state index contributed by atoms with van der Waals surface area (Å²) >= 11 is 1.87. The van der Waals surface area contributed by atoms with E-state index in [-0.39, 0.29) is 6.04 Å². The Labute approximate surface area is 236 Å². The third-order valence-corrected chi connectivity index (χ3v) is 10.1. The summed E-state index contributed by atoms with van der Waals surface area (Å²) in [7, 11) is 0. The summed E-state index contributed by atoms with van der Waals surface area (Å²) in [6.07, 6.45) is 11.2. The van der Waals surface area contributed by atoms with Crippen molar-refractivity contribution >= 4 is 11.3 Å². The summed E-state index contributed by atoms with van der Waals surface area (Å²) in [4.78, 5) is 1.37. The number of unbranched alkanes of at least 4 members (excludes halogenated alkanes) is 1. The average Bonchev–Trinajstić information content (AvgIpc) is 3.58. The van der Waals surface area contributed by atoms with Crippen molar-refractivity contribution < 1.29 is 0 Å². The van der Waals surface area contributed by atoms with Crippen LogP contribution in [0.15, 0.2) is 66.1 Å². The van der Waals surface area contributed by atoms with Gasteiger partial charge in [-0.25, -0.2) is 0 Å². The zero-order chi connectivity index (χ0) is 27.3. The molecule has 2 N–H and O–H groups in total. The lowest BCUT2D eigenvalue weighted by Crippen LogP contribution is -2.29. The van der Waals surface area contributed by atoms with Gasteiger partial charge in [-0.15, -0.1) is 11.3 Å². The van der Waals surface area contributed by atoms with E-state index in [0.717, 1.165) is 12.8 Å². The summed E-state index contributed by atoms with van der Waals surface area (Å²) < 4.78 is 0. The summed E-state index contributed by atoms with van der Waals surface area (Å²) in [5, 5.41) is 2.33. The minimum Gasteiger partial charge on any atom is -0.324 e. The van der Waals surface area contributed by atoms with Crippen LogP contribution in [0.3, 0.4) is 0 Å². The minimum atomic E-state index is 0.131. The maximum atomic E-state index is 6.32. The molecule has 3 aromatic rings. The van der Waals surface area contributed by atoms with Gasteiger partial charge in [-0.3, -0.25) is 0 Å². The topological polar surface area (TPSA) is 26.0 Å². The Kier molecular flexibility index (Phi) is 9.71. The van der Waals surface area contributed by atoms with Crippen molar-refractivity contribution in [1.29, 1.82) is 0 Å². The largest absolute Gasteiger partial charge is 0.324 e. The zero-order valence-electron chi connectivity index (χ0n) is 24.5. The van der Waals surface area contributed by atoms with Crippen molar-refractivity contribution in [3.8, 4) is 21.6 Å². The van der Waals surface area contributed by atoms with Gasteiger partial charge in [0, 0.05) is 10.9 Å². The van der Waals surface area contributed by atoms with Crippen LogP contribution in [0.1, 0.15) is 95.8 Å². The highest BCUT2D eigenvalue weighted by atomic mass is 32.1. The molecule has 0 bridgehead atoms. The van der Waals surface area contributed by atoms with Crippen LogP contribution in [0.5, 0.6) is 0 Å². The molecule has 2 heteroatoms. The first-order chi connectivity index (χ1) is 18.3. The fourth-order valence-corrected chi connectivity index (χ4v) is 7.01. The lowest BCUT2D eigenvalue weighted by Gasteiger charge is -2.23. The molecule has 0 aliphatic heterocycles. The number of aryl methyl sites for hydroxylation is 2. The van der Waals surface area contributed by atoms with Crippen LogP contribution >= 0.6 is 11.3 Å². The highest BCUT2D eigenvalue weighted by Crippen LogP contribution is 2.51. The van der Waals surface area contributed by atoms with Crippen molar-refractivity contribution in [2.45, 2.75) is 104 Å². The number of hydrogen-bond acceptors (Lipinski definition) is 2. The van der Waals surface area contributed by atoms with E-state index in [0.29, 0.717) is 17.3 Å². The van der Waals surface area contributed by atoms with Crippen LogP contribution in [0.25, 0.3) is 21.6 Å². The quantitative estimate of drug-likeness (QED) is 0.164. The molecule has 38 heavy (non-hydrogen) atoms. The lowest BCUT2D eigenvalue weighted by atomic mass is 9.86. The van der Waals surface area contributed by atoms with Crippen molar-refractivity contribution in [3.05, 3.63) is 82.8 Å². The molecule has 1 aliphatic rings. The Morgan fingerprint density at radius 2 is 1.82 bits per heavy atom. The predicted octanol–water partition coefficient (Wildman–Crippen LogP) is 10.5. The fraction of sp³-hybridized carbons (Fsp3) is 0.500. The Hall–Kier alpha value is -2.16. The van der Waals surface area contributed by atoms with E-state index in [4.69, 9.17) is 5.73 Å². The molecule has 0 spiro atoms. The third kappa shape index (κ3) is 6.88. The average molecular weight is 528 g/mol. The molecule has 1 fully saturated rings. The fourth-order valence-electron chi connectivity index (χ4n) is 6.00. The predicted molar refractivity (Wildman–Crippen MR) is 169 cm³/mol. The minimum absolute atomic E-state index is 0.131. The van der Waals surface area contributed by atoms with Gasteiger partial charge >= 0.3 is 0 Å². The van der Waals surface area contributed by atoms with E-state index >= 15 is 0 Å². The number of benzene rings is 2. The van der Waals surface area contributed by atoms with Crippen molar-refractivity contribution in [2.75, 3.05) is 0 Å². The van der Waals surface area contributed by atoms with Gasteiger partial charge < -0.3 is 5.73 Å². The van der Waals surface area contributed by atoms with E-state index in [2.05, 4.69) is 95.1 Å². The van der Waals surface area contributed by atoms with Crippen LogP contribution in [0.4, 0.5) is 0 Å². The van der Waals surface area contributed by atoms with Crippen LogP contribution in [-0.4, -0.2) is 6.04 Å². The number of nitrogens with two attached hydrogens (primary N) is 1. The standard InChI is InChI=1S/C36H49NS/c1-7-28(21-27(6)35(37)25(3)4)12-9-10-13-29-16-17-33(26(5)20-29)34-23-31(24-38-34)30-14-11-15-32(22-30)36(8-2)18-19-36/h11,14-17,20,22-25,28,35H,6-10,12-13,18-19,21,37H2,1-5H3. The Morgan fingerprint density at radius 1 is 1.03 bits per heavy atom. The van der Waals surface area contributed by atoms with Gasteiger partial charge in [-0.2, -0.15) is 0 Å². The molecule has 4 rings (SSSR count). The molecule has 1 aliphatic carbocycles. The van der Waals surface area contributed by atoms with Crippen LogP contribution in [-0.2, 0) is 11.8 Å². The number of rotatable bonds is 14. The van der Waals surface area contributed by atoms with Gasteiger partial charge in [0.1, 0.15) is 0 Å². The van der Waals surface area contributed by atoms with Gasteiger partial charge in [0.25, 0.3) is 0 Å². The third-order valence-electron chi connectivity index (χ3n) is 9.14. The zero-order valence-corrected chi connectivity index (χ0v) is 25.3. The second kappa shape index (κ2) is 12.8. The van der Waals surface area contributed by atoms with E-state index in [1.807, 2.05) is 11.3 Å². The van der Waals surface area contributed by atoms with E-state index in [1.54, 1.807) is 0 Å². The Bertz CT molecular complexity index is 1210. The van der Waals surface area contributed by atoms with Crippen molar-refractivity contribution in [2.24, 2.45) is 17.6 Å². The Morgan fingerprint density at radius 3 is 2.47 bits per heavy atom. The SMILES string of the molecule is C=C(CC(CC)CCCCc1ccc(-c2cc(-c3cccc(C4(CC)CC4)c3)cs2)c(C)c1)C(N)C(C)C. The lowest BCUT2D eigenvalue weighted by molar-refractivity contribution is 0.419. The molecule has 1 aromatic heterocycles. The Balaban J connectivity index is 1.32. The first-order valence-corrected chi connectivity index (χ1v) is 15.9. The van der Waals surface area contributed by atoms with Crippen LogP contribution < -0.4 is 5.73 Å². The van der Waals surface area contributed by atoms with Crippen molar-refractivity contribution in [3.63, 3.8) is 0 Å². The molecule has 2 aromatic carbocycles. The molecular weight excluding hydrogens is 478 g/mol. The molecule has 2 atom stereocenters. The summed E-state index contributed by atoms with van der Waals surface area (Å²) in [5.74, 6) is 1.18. The maximum Gasteiger partial charge on any atom is 0.0351 e. The molecular formula is C36H49NS. The first kappa shape index (κ1) is 28.8. The second-order valence-corrected chi connectivity index (χ2v) is 13.1. The molecule has 0 radical (unpaired) electrons. The molecule has 0 saturated heterocycles. The highest BCUT2D eigenvalue weighted by molar-refractivity contribution is 7.14. The number of thiophene rings is 1. The molecule has 204 valence electrons. The number of hydrogen-bond donors (Lipinski definition) is 1. The molecule has 1 nitrogen and oxygen atoms in total. The molecule has 1 heterocycles. The molecule has 2 unspecified atom stereocenters. The van der Waals surface area contributed by atoms with Gasteiger partial charge in [-0.05, 0) is 108 Å². The smallest absolute Gasteiger partial charge is 0.0351 e. The summed E-state index contributed by atoms with van der Waals surface area (Å²) in [6, 6.07) is 18.9. The molecule has 0 amide bonds. The summed E-state index contributed by atoms with van der Waals surface area (Å²) in [5.41, 5.74) is 16.5. The first-order valence-electron chi connectivity index (χ1n) is 15.0. The van der Waals surface area contributed by atoms with Crippen LogP contribution in [0.2, 0.25) is 0 Å². The molecule has 1 saturated carbocycles. The van der Waals surface area contributed by atoms with Gasteiger partial charge in [0.15, 0.2) is 0 Å². The van der Waals surface area contributed by atoms with Gasteiger partial charge in [-0.1, -0.05) is 102 Å². The van der Waals surface area contributed by atoms with Crippen LogP contribution in [0, 0.1) is 18.8 Å². The van der Waals surface area contributed by atoms with E-state index in [9.17, 15) is 0 Å². The van der Waals surface area contributed by atoms with E-state index < -0.39 is 0 Å². The maximum absolute atomic E-state index is 6.32. The second-order valence-electron chi connectivity index (χ2n) is 12.2. The normalized spacial score (nSPS) is 16.0. The van der Waals surface area contributed by atoms with Gasteiger partial charge in [0.2, 0.25) is 0 Å². The summed E-state index contributed by atoms with van der Waals surface area (Å²) in [6.45, 7) is 15.6. The monoisotopic (exact) mass is 527 g/mol. The van der Waals surface area contributed by atoms with Gasteiger partial charge in [0.05, 0.1) is 0 Å². The highest BCUT2D eigenvalue weighted by Gasteiger charge is 2.42.